The molecule has 0 aliphatic rings. The molecule has 0 amide bonds. The van der Waals surface area contributed by atoms with Crippen molar-refractivity contribution in [3.8, 4) is 0 Å². The average Bonchev–Trinajstić information content (AvgIpc) is 0. The maximum absolute atomic E-state index is 0. The molecule has 0 atom stereocenters. The molecule has 62 valence electrons. The summed E-state index contributed by atoms with van der Waals surface area (Å²) in [5.74, 6) is 0. The van der Waals surface area contributed by atoms with Crippen molar-refractivity contribution in [2.24, 2.45) is 0 Å². The fourth-order valence-corrected chi connectivity index (χ4v) is 0. The van der Waals surface area contributed by atoms with Crippen LogP contribution in [0.2, 0.25) is 0 Å². The standard InChI is InChI=1S/2Mo.2Nb.5O.2V/q;;2*+5;5*-2;;. The first-order valence-electron chi connectivity index (χ1n) is 0. The number of hydrogen-bond donors (Lipinski definition) is 0. The monoisotopic (exact) mass is 563 g/mol. The Morgan fingerprint density at radius 3 is 0.364 bits per heavy atom. The molecule has 0 saturated carbocycles. The third-order valence-electron chi connectivity index (χ3n) is 0. The molecule has 0 bridgehead atoms. The predicted octanol–water partition coefficient (Wildman–Crippen LogP) is -0.609. The van der Waals surface area contributed by atoms with E-state index in [1.807, 2.05) is 0 Å². The zero-order valence-electron chi connectivity index (χ0n) is 4.65. The van der Waals surface area contributed by atoms with Crippen molar-refractivity contribution in [2.45, 2.75) is 0 Å². The molecular formula is Mo2Nb2O5V2. The van der Waals surface area contributed by atoms with Crippen LogP contribution in [0.15, 0.2) is 0 Å². The Morgan fingerprint density at radius 1 is 0.364 bits per heavy atom. The van der Waals surface area contributed by atoms with Gasteiger partial charge in [-0.05, 0) is 0 Å². The summed E-state index contributed by atoms with van der Waals surface area (Å²) in [6.07, 6.45) is 0. The maximum Gasteiger partial charge on any atom is 5.00 e. The van der Waals surface area contributed by atoms with Crippen LogP contribution in [0.25, 0.3) is 0 Å². The molecule has 11 heavy (non-hydrogen) atoms. The first-order valence-corrected chi connectivity index (χ1v) is 0. The van der Waals surface area contributed by atoms with Crippen LogP contribution < -0.4 is 0 Å². The Bertz CT molecular complexity index is 20.4. The van der Waals surface area contributed by atoms with E-state index >= 15 is 0 Å². The van der Waals surface area contributed by atoms with Crippen LogP contribution in [0.5, 0.6) is 0 Å². The van der Waals surface area contributed by atoms with Gasteiger partial charge < -0.3 is 27.4 Å². The SMILES string of the molecule is [Mo].[Mo].[Nb+5].[Nb+5].[O-2].[O-2].[O-2].[O-2].[O-2].[V].[V]. The molecule has 11 heteroatoms. The second kappa shape index (κ2) is 155. The van der Waals surface area contributed by atoms with E-state index in [4.69, 9.17) is 0 Å². The van der Waals surface area contributed by atoms with E-state index < -0.39 is 0 Å². The third-order valence-corrected chi connectivity index (χ3v) is 0. The summed E-state index contributed by atoms with van der Waals surface area (Å²) >= 11 is 0. The Morgan fingerprint density at radius 2 is 0.364 bits per heavy atom. The van der Waals surface area contributed by atoms with Gasteiger partial charge in [0.2, 0.25) is 0 Å². The average molecular weight is 560 g/mol. The zero-order valence-corrected chi connectivity index (χ0v) is 15.9. The van der Waals surface area contributed by atoms with Crippen LogP contribution in [-0.2, 0) is 151 Å². The van der Waals surface area contributed by atoms with E-state index in [-0.39, 0.29) is 151 Å². The normalized spacial score (nSPS) is 0. The second-order valence-corrected chi connectivity index (χ2v) is 0. The molecule has 0 aliphatic heterocycles. The fraction of sp³-hybridized carbons (Fsp3) is 0. The quantitative estimate of drug-likeness (QED) is 0.349. The number of rotatable bonds is 0. The summed E-state index contributed by atoms with van der Waals surface area (Å²) in [5, 5.41) is 0. The summed E-state index contributed by atoms with van der Waals surface area (Å²) in [6.45, 7) is 0. The molecule has 0 rings (SSSR count). The minimum Gasteiger partial charge on any atom is -2.00 e. The molecule has 0 spiro atoms. The Hall–Kier alpha value is 3.83. The molecule has 0 unspecified atom stereocenters. The predicted molar refractivity (Wildman–Crippen MR) is 3.43 cm³/mol. The summed E-state index contributed by atoms with van der Waals surface area (Å²) in [6, 6.07) is 0. The van der Waals surface area contributed by atoms with Crippen LogP contribution in [0.1, 0.15) is 0 Å². The van der Waals surface area contributed by atoms with Crippen LogP contribution in [0.4, 0.5) is 0 Å². The topological polar surface area (TPSA) is 142 Å². The van der Waals surface area contributed by atoms with Crippen molar-refractivity contribution < 1.29 is 151 Å². The van der Waals surface area contributed by atoms with E-state index in [9.17, 15) is 0 Å². The van der Waals surface area contributed by atoms with Gasteiger partial charge in [-0.3, -0.25) is 0 Å². The van der Waals surface area contributed by atoms with Crippen molar-refractivity contribution in [3.05, 3.63) is 0 Å². The van der Waals surface area contributed by atoms with Crippen molar-refractivity contribution in [2.75, 3.05) is 0 Å². The molecule has 0 aromatic carbocycles. The van der Waals surface area contributed by atoms with Crippen molar-refractivity contribution in [1.29, 1.82) is 0 Å². The Kier molecular flexibility index (Phi) is 2730. The first-order chi connectivity index (χ1) is 0. The smallest absolute Gasteiger partial charge is 2.00 e. The second-order valence-electron chi connectivity index (χ2n) is 0. The van der Waals surface area contributed by atoms with E-state index in [1.165, 1.54) is 0 Å². The van der Waals surface area contributed by atoms with E-state index in [1.54, 1.807) is 0 Å². The van der Waals surface area contributed by atoms with Crippen molar-refractivity contribution in [1.82, 2.24) is 0 Å². The van der Waals surface area contributed by atoms with E-state index in [0.29, 0.717) is 0 Å². The molecule has 0 saturated heterocycles. The Balaban J connectivity index is 0. The van der Waals surface area contributed by atoms with Crippen LogP contribution in [0, 0.1) is 0 Å². The van der Waals surface area contributed by atoms with Crippen LogP contribution in [0.3, 0.4) is 0 Å². The van der Waals surface area contributed by atoms with Crippen molar-refractivity contribution >= 4 is 0 Å². The Labute approximate surface area is 149 Å². The minimum atomic E-state index is 0. The van der Waals surface area contributed by atoms with Gasteiger partial charge in [0, 0.05) is 79.2 Å². The molecular weight excluding hydrogens is 560 g/mol. The van der Waals surface area contributed by atoms with Gasteiger partial charge in [-0.2, -0.15) is 0 Å². The number of hydrogen-bond acceptors (Lipinski definition) is 0. The molecule has 5 nitrogen and oxygen atoms in total. The van der Waals surface area contributed by atoms with Gasteiger partial charge in [-0.15, -0.1) is 0 Å². The zero-order chi connectivity index (χ0) is 0. The largest absolute Gasteiger partial charge is 5.00 e. The fourth-order valence-electron chi connectivity index (χ4n) is 0. The van der Waals surface area contributed by atoms with Gasteiger partial charge >= 0.3 is 44.8 Å². The van der Waals surface area contributed by atoms with Gasteiger partial charge in [0.25, 0.3) is 0 Å². The molecule has 0 aromatic heterocycles. The molecule has 0 aliphatic carbocycles. The minimum absolute atomic E-state index is 0. The third kappa shape index (κ3) is 132. The van der Waals surface area contributed by atoms with Gasteiger partial charge in [0.05, 0.1) is 0 Å². The van der Waals surface area contributed by atoms with Crippen LogP contribution in [-0.4, -0.2) is 0 Å². The van der Waals surface area contributed by atoms with Gasteiger partial charge in [-0.1, -0.05) is 0 Å². The van der Waals surface area contributed by atoms with Gasteiger partial charge in [0.1, 0.15) is 0 Å². The molecule has 0 heterocycles. The van der Waals surface area contributed by atoms with Gasteiger partial charge in [-0.25, -0.2) is 0 Å². The van der Waals surface area contributed by atoms with E-state index in [0.717, 1.165) is 0 Å². The molecule has 0 N–H and O–H groups in total. The summed E-state index contributed by atoms with van der Waals surface area (Å²) in [7, 11) is 0. The maximum atomic E-state index is 0. The van der Waals surface area contributed by atoms with Gasteiger partial charge in [0.15, 0.2) is 0 Å². The molecule has 2 radical (unpaired) electrons. The van der Waals surface area contributed by atoms with Crippen LogP contribution >= 0.6 is 0 Å². The molecule has 0 aromatic rings. The summed E-state index contributed by atoms with van der Waals surface area (Å²) < 4.78 is 0. The summed E-state index contributed by atoms with van der Waals surface area (Å²) in [4.78, 5) is 0. The summed E-state index contributed by atoms with van der Waals surface area (Å²) in [5.41, 5.74) is 0. The van der Waals surface area contributed by atoms with E-state index in [2.05, 4.69) is 0 Å². The molecule has 0 fully saturated rings. The van der Waals surface area contributed by atoms with Crippen molar-refractivity contribution in [3.63, 3.8) is 0 Å². The first kappa shape index (κ1) is 194.